The van der Waals surface area contributed by atoms with Crippen molar-refractivity contribution in [3.8, 4) is 0 Å². The molecule has 3 nitrogen and oxygen atoms in total. The van der Waals surface area contributed by atoms with Crippen LogP contribution < -0.4 is 0 Å². The molecule has 0 bridgehead atoms. The molecule has 2 atom stereocenters. The van der Waals surface area contributed by atoms with Crippen LogP contribution in [-0.2, 0) is 10.0 Å². The maximum Gasteiger partial charge on any atom is 0.211 e. The summed E-state index contributed by atoms with van der Waals surface area (Å²) in [6.07, 6.45) is 2.29. The van der Waals surface area contributed by atoms with Gasteiger partial charge in [0.05, 0.1) is 6.26 Å². The molecule has 0 spiro atoms. The molecule has 1 fully saturated rings. The zero-order chi connectivity index (χ0) is 11.9. The Morgan fingerprint density at radius 1 is 1.27 bits per heavy atom. The molecule has 1 heterocycles. The molecule has 90 valence electrons. The van der Waals surface area contributed by atoms with Crippen LogP contribution in [0.1, 0.15) is 34.1 Å². The molecule has 0 saturated carbocycles. The first kappa shape index (κ1) is 13.0. The highest BCUT2D eigenvalue weighted by Crippen LogP contribution is 2.38. The summed E-state index contributed by atoms with van der Waals surface area (Å²) in [5.74, 6) is 1.07. The number of hydrogen-bond donors (Lipinski definition) is 0. The van der Waals surface area contributed by atoms with Crippen LogP contribution in [0.15, 0.2) is 0 Å². The van der Waals surface area contributed by atoms with Crippen LogP contribution >= 0.6 is 0 Å². The zero-order valence-electron chi connectivity index (χ0n) is 10.4. The lowest BCUT2D eigenvalue weighted by Gasteiger charge is -2.42. The van der Waals surface area contributed by atoms with E-state index in [0.29, 0.717) is 24.9 Å². The van der Waals surface area contributed by atoms with Crippen molar-refractivity contribution < 1.29 is 8.42 Å². The highest BCUT2D eigenvalue weighted by molar-refractivity contribution is 7.88. The van der Waals surface area contributed by atoms with Crippen LogP contribution in [0.2, 0.25) is 0 Å². The SMILES string of the molecule is CC1CN(S(C)(=O)=O)CCC1C(C)(C)C. The van der Waals surface area contributed by atoms with Crippen LogP contribution in [0.4, 0.5) is 0 Å². The number of piperidine rings is 1. The Labute approximate surface area is 93.9 Å². The first-order valence-electron chi connectivity index (χ1n) is 5.57. The Hall–Kier alpha value is -0.0900. The fourth-order valence-corrected chi connectivity index (χ4v) is 3.64. The van der Waals surface area contributed by atoms with E-state index in [1.54, 1.807) is 4.31 Å². The molecular formula is C11H23NO2S. The predicted octanol–water partition coefficient (Wildman–Crippen LogP) is 1.95. The van der Waals surface area contributed by atoms with Crippen LogP contribution in [0.3, 0.4) is 0 Å². The average molecular weight is 233 g/mol. The number of sulfonamides is 1. The lowest BCUT2D eigenvalue weighted by Crippen LogP contribution is -2.45. The highest BCUT2D eigenvalue weighted by atomic mass is 32.2. The first-order valence-corrected chi connectivity index (χ1v) is 7.42. The van der Waals surface area contributed by atoms with Crippen molar-refractivity contribution in [3.05, 3.63) is 0 Å². The van der Waals surface area contributed by atoms with Crippen molar-refractivity contribution in [1.82, 2.24) is 4.31 Å². The van der Waals surface area contributed by atoms with Gasteiger partial charge in [-0.15, -0.1) is 0 Å². The molecule has 0 N–H and O–H groups in total. The maximum atomic E-state index is 11.4. The van der Waals surface area contributed by atoms with E-state index in [-0.39, 0.29) is 5.41 Å². The second kappa shape index (κ2) is 4.06. The third-order valence-electron chi connectivity index (χ3n) is 3.45. The smallest absolute Gasteiger partial charge is 0.211 e. The van der Waals surface area contributed by atoms with E-state index >= 15 is 0 Å². The van der Waals surface area contributed by atoms with Crippen LogP contribution in [0, 0.1) is 17.3 Å². The van der Waals surface area contributed by atoms with E-state index < -0.39 is 10.0 Å². The maximum absolute atomic E-state index is 11.4. The quantitative estimate of drug-likeness (QED) is 0.694. The molecule has 0 radical (unpaired) electrons. The van der Waals surface area contributed by atoms with Crippen LogP contribution in [-0.4, -0.2) is 32.1 Å². The molecule has 1 saturated heterocycles. The molecule has 4 heteroatoms. The Morgan fingerprint density at radius 2 is 1.80 bits per heavy atom. The van der Waals surface area contributed by atoms with E-state index in [1.165, 1.54) is 6.26 Å². The van der Waals surface area contributed by atoms with Gasteiger partial charge in [0.2, 0.25) is 10.0 Å². The number of hydrogen-bond acceptors (Lipinski definition) is 2. The van der Waals surface area contributed by atoms with Crippen LogP contribution in [0.25, 0.3) is 0 Å². The van der Waals surface area contributed by atoms with Gasteiger partial charge in [-0.2, -0.15) is 0 Å². The summed E-state index contributed by atoms with van der Waals surface area (Å²) < 4.78 is 24.4. The van der Waals surface area contributed by atoms with Crippen LogP contribution in [0.5, 0.6) is 0 Å². The van der Waals surface area contributed by atoms with E-state index in [0.717, 1.165) is 6.42 Å². The summed E-state index contributed by atoms with van der Waals surface area (Å²) in [7, 11) is -2.99. The lowest BCUT2D eigenvalue weighted by atomic mass is 9.70. The molecule has 0 amide bonds. The summed E-state index contributed by atoms with van der Waals surface area (Å²) >= 11 is 0. The standard InChI is InChI=1S/C11H23NO2S/c1-9-8-12(15(5,13)14)7-6-10(9)11(2,3)4/h9-10H,6-8H2,1-5H3. The molecule has 0 aromatic rings. The van der Waals surface area contributed by atoms with Gasteiger partial charge in [-0.3, -0.25) is 0 Å². The molecule has 0 aliphatic carbocycles. The van der Waals surface area contributed by atoms with Crippen molar-refractivity contribution in [2.45, 2.75) is 34.1 Å². The second-order valence-electron chi connectivity index (χ2n) is 5.86. The van der Waals surface area contributed by atoms with Gasteiger partial charge >= 0.3 is 0 Å². The van der Waals surface area contributed by atoms with Gasteiger partial charge in [-0.25, -0.2) is 12.7 Å². The number of rotatable bonds is 1. The number of nitrogens with zero attached hydrogens (tertiary/aromatic N) is 1. The van der Waals surface area contributed by atoms with Gasteiger partial charge in [0.15, 0.2) is 0 Å². The van der Waals surface area contributed by atoms with Gasteiger partial charge in [-0.05, 0) is 23.7 Å². The van der Waals surface area contributed by atoms with Crippen molar-refractivity contribution in [2.24, 2.45) is 17.3 Å². The third-order valence-corrected chi connectivity index (χ3v) is 4.72. The average Bonchev–Trinajstić information content (AvgIpc) is 1.99. The minimum absolute atomic E-state index is 0.281. The Morgan fingerprint density at radius 3 is 2.13 bits per heavy atom. The topological polar surface area (TPSA) is 37.4 Å². The van der Waals surface area contributed by atoms with Crippen molar-refractivity contribution in [1.29, 1.82) is 0 Å². The van der Waals surface area contributed by atoms with Gasteiger partial charge in [-0.1, -0.05) is 27.7 Å². The molecule has 1 aliphatic heterocycles. The van der Waals surface area contributed by atoms with Crippen molar-refractivity contribution in [2.75, 3.05) is 19.3 Å². The summed E-state index contributed by atoms with van der Waals surface area (Å²) in [6, 6.07) is 0. The van der Waals surface area contributed by atoms with E-state index in [9.17, 15) is 8.42 Å². The van der Waals surface area contributed by atoms with Gasteiger partial charge in [0.1, 0.15) is 0 Å². The van der Waals surface area contributed by atoms with Gasteiger partial charge in [0.25, 0.3) is 0 Å². The molecule has 0 aromatic carbocycles. The van der Waals surface area contributed by atoms with E-state index in [1.807, 2.05) is 0 Å². The van der Waals surface area contributed by atoms with Gasteiger partial charge < -0.3 is 0 Å². The molecular weight excluding hydrogens is 210 g/mol. The molecule has 15 heavy (non-hydrogen) atoms. The van der Waals surface area contributed by atoms with E-state index in [4.69, 9.17) is 0 Å². The fraction of sp³-hybridized carbons (Fsp3) is 1.00. The monoisotopic (exact) mass is 233 g/mol. The Kier molecular flexibility index (Phi) is 3.51. The highest BCUT2D eigenvalue weighted by Gasteiger charge is 2.36. The minimum atomic E-state index is -2.99. The molecule has 2 unspecified atom stereocenters. The Bertz CT molecular complexity index is 316. The fourth-order valence-electron chi connectivity index (χ4n) is 2.70. The molecule has 0 aromatic heterocycles. The zero-order valence-corrected chi connectivity index (χ0v) is 11.3. The lowest BCUT2D eigenvalue weighted by molar-refractivity contribution is 0.0962. The summed E-state index contributed by atoms with van der Waals surface area (Å²) in [4.78, 5) is 0. The minimum Gasteiger partial charge on any atom is -0.213 e. The second-order valence-corrected chi connectivity index (χ2v) is 7.84. The molecule has 1 aliphatic rings. The predicted molar refractivity (Wildman–Crippen MR) is 63.1 cm³/mol. The summed E-state index contributed by atoms with van der Waals surface area (Å²) in [5.41, 5.74) is 0.281. The van der Waals surface area contributed by atoms with E-state index in [2.05, 4.69) is 27.7 Å². The summed E-state index contributed by atoms with van der Waals surface area (Å²) in [6.45, 7) is 10.2. The summed E-state index contributed by atoms with van der Waals surface area (Å²) in [5, 5.41) is 0. The Balaban J connectivity index is 2.72. The van der Waals surface area contributed by atoms with Gasteiger partial charge in [0, 0.05) is 13.1 Å². The first-order chi connectivity index (χ1) is 6.62. The third kappa shape index (κ3) is 3.18. The normalized spacial score (nSPS) is 30.5. The molecule has 1 rings (SSSR count). The van der Waals surface area contributed by atoms with Crippen molar-refractivity contribution >= 4 is 10.0 Å². The largest absolute Gasteiger partial charge is 0.213 e. The van der Waals surface area contributed by atoms with Crippen molar-refractivity contribution in [3.63, 3.8) is 0 Å².